The Balaban J connectivity index is 3.09. The van der Waals surface area contributed by atoms with E-state index in [2.05, 4.69) is 31.9 Å². The highest BCUT2D eigenvalue weighted by atomic mass is 79.9. The van der Waals surface area contributed by atoms with E-state index in [1.807, 2.05) is 12.1 Å². The molecule has 0 aliphatic heterocycles. The first-order valence-electron chi connectivity index (χ1n) is 2.74. The molecule has 0 aromatic heterocycles. The van der Waals surface area contributed by atoms with Gasteiger partial charge >= 0.3 is 0 Å². The van der Waals surface area contributed by atoms with Crippen LogP contribution in [0.2, 0.25) is 0 Å². The molecule has 0 heterocycles. The van der Waals surface area contributed by atoms with E-state index in [9.17, 15) is 4.39 Å². The third-order valence-electron chi connectivity index (χ3n) is 1.15. The van der Waals surface area contributed by atoms with Crippen molar-refractivity contribution in [3.8, 4) is 0 Å². The van der Waals surface area contributed by atoms with E-state index in [1.54, 1.807) is 6.07 Å². The van der Waals surface area contributed by atoms with Gasteiger partial charge < -0.3 is 0 Å². The Morgan fingerprint density at radius 2 is 2.00 bits per heavy atom. The van der Waals surface area contributed by atoms with E-state index < -0.39 is 6.67 Å². The predicted molar refractivity (Wildman–Crippen MR) is 46.7 cm³/mol. The van der Waals surface area contributed by atoms with Crippen LogP contribution in [0.25, 0.3) is 0 Å². The van der Waals surface area contributed by atoms with Crippen molar-refractivity contribution < 1.29 is 4.39 Å². The fraction of sp³-hybridized carbons (Fsp3) is 0.143. The van der Waals surface area contributed by atoms with Crippen molar-refractivity contribution in [1.29, 1.82) is 0 Å². The monoisotopic (exact) mass is 266 g/mol. The molecule has 0 aliphatic carbocycles. The molecule has 0 fully saturated rings. The maximum Gasteiger partial charge on any atom is 0.116 e. The lowest BCUT2D eigenvalue weighted by atomic mass is 10.2. The molecule has 1 aromatic rings. The Kier molecular flexibility index (Phi) is 2.86. The van der Waals surface area contributed by atoms with Crippen molar-refractivity contribution in [2.75, 3.05) is 0 Å². The number of benzene rings is 1. The maximum absolute atomic E-state index is 12.1. The highest BCUT2D eigenvalue weighted by molar-refractivity contribution is 9.11. The van der Waals surface area contributed by atoms with Gasteiger partial charge in [0.15, 0.2) is 0 Å². The number of hydrogen-bond acceptors (Lipinski definition) is 0. The van der Waals surface area contributed by atoms with Gasteiger partial charge in [-0.3, -0.25) is 0 Å². The van der Waals surface area contributed by atoms with Crippen LogP contribution in [-0.2, 0) is 6.67 Å². The van der Waals surface area contributed by atoms with Crippen LogP contribution in [0.1, 0.15) is 5.56 Å². The van der Waals surface area contributed by atoms with Gasteiger partial charge in [0.2, 0.25) is 0 Å². The topological polar surface area (TPSA) is 0 Å². The highest BCUT2D eigenvalue weighted by Crippen LogP contribution is 2.21. The second-order valence-corrected chi connectivity index (χ2v) is 3.64. The van der Waals surface area contributed by atoms with Crippen molar-refractivity contribution in [2.24, 2.45) is 0 Å². The summed E-state index contributed by atoms with van der Waals surface area (Å²) in [6.07, 6.45) is 0. The lowest BCUT2D eigenvalue weighted by Gasteiger charge is -1.98. The van der Waals surface area contributed by atoms with Crippen molar-refractivity contribution in [1.82, 2.24) is 0 Å². The normalized spacial score (nSPS) is 9.90. The van der Waals surface area contributed by atoms with Crippen LogP contribution < -0.4 is 0 Å². The lowest BCUT2D eigenvalue weighted by Crippen LogP contribution is -1.79. The molecule has 0 atom stereocenters. The van der Waals surface area contributed by atoms with E-state index in [-0.39, 0.29) is 0 Å². The smallest absolute Gasteiger partial charge is 0.116 e. The van der Waals surface area contributed by atoms with Crippen molar-refractivity contribution in [2.45, 2.75) is 6.67 Å². The SMILES string of the molecule is FCc1cc(Br)ccc1Br. The zero-order chi connectivity index (χ0) is 7.56. The minimum Gasteiger partial charge on any atom is -0.246 e. The standard InChI is InChI=1S/C7H5Br2F/c8-6-1-2-7(9)5(3-6)4-10/h1-3H,4H2. The van der Waals surface area contributed by atoms with Gasteiger partial charge in [0.05, 0.1) is 0 Å². The fourth-order valence-electron chi connectivity index (χ4n) is 0.646. The molecule has 0 saturated heterocycles. The molecule has 1 aromatic carbocycles. The molecule has 0 unspecified atom stereocenters. The number of rotatable bonds is 1. The summed E-state index contributed by atoms with van der Waals surface area (Å²) in [5.74, 6) is 0. The first-order chi connectivity index (χ1) is 4.74. The van der Waals surface area contributed by atoms with Crippen LogP contribution in [0.4, 0.5) is 4.39 Å². The summed E-state index contributed by atoms with van der Waals surface area (Å²) < 4.78 is 13.8. The average molecular weight is 268 g/mol. The molecular formula is C7H5Br2F. The number of halogens is 3. The summed E-state index contributed by atoms with van der Waals surface area (Å²) in [6, 6.07) is 5.44. The van der Waals surface area contributed by atoms with Gasteiger partial charge in [0.25, 0.3) is 0 Å². The third kappa shape index (κ3) is 1.80. The Morgan fingerprint density at radius 1 is 1.30 bits per heavy atom. The lowest BCUT2D eigenvalue weighted by molar-refractivity contribution is 0.484. The molecule has 0 N–H and O–H groups in total. The van der Waals surface area contributed by atoms with Crippen molar-refractivity contribution in [3.63, 3.8) is 0 Å². The van der Waals surface area contributed by atoms with Gasteiger partial charge in [-0.2, -0.15) is 0 Å². The maximum atomic E-state index is 12.1. The van der Waals surface area contributed by atoms with E-state index in [0.29, 0.717) is 5.56 Å². The zero-order valence-electron chi connectivity index (χ0n) is 5.07. The highest BCUT2D eigenvalue weighted by Gasteiger charge is 1.97. The van der Waals surface area contributed by atoms with Crippen LogP contribution in [-0.4, -0.2) is 0 Å². The summed E-state index contributed by atoms with van der Waals surface area (Å²) in [5.41, 5.74) is 0.675. The summed E-state index contributed by atoms with van der Waals surface area (Å²) in [6.45, 7) is -0.431. The Morgan fingerprint density at radius 3 is 2.50 bits per heavy atom. The van der Waals surface area contributed by atoms with Crippen molar-refractivity contribution >= 4 is 31.9 Å². The molecule has 10 heavy (non-hydrogen) atoms. The van der Waals surface area contributed by atoms with Gasteiger partial charge in [-0.25, -0.2) is 4.39 Å². The predicted octanol–water partition coefficient (Wildman–Crippen LogP) is 3.68. The summed E-state index contributed by atoms with van der Waals surface area (Å²) in [7, 11) is 0. The molecule has 0 spiro atoms. The second kappa shape index (κ2) is 3.49. The number of hydrogen-bond donors (Lipinski definition) is 0. The van der Waals surface area contributed by atoms with Gasteiger partial charge in [0.1, 0.15) is 6.67 Å². The third-order valence-corrected chi connectivity index (χ3v) is 2.42. The molecule has 0 aliphatic rings. The van der Waals surface area contributed by atoms with Crippen molar-refractivity contribution in [3.05, 3.63) is 32.7 Å². The van der Waals surface area contributed by atoms with Crippen LogP contribution in [0.5, 0.6) is 0 Å². The van der Waals surface area contributed by atoms with Crippen LogP contribution in [0.3, 0.4) is 0 Å². The van der Waals surface area contributed by atoms with Crippen LogP contribution in [0.15, 0.2) is 27.1 Å². The molecule has 3 heteroatoms. The van der Waals surface area contributed by atoms with Crippen LogP contribution in [0, 0.1) is 0 Å². The quantitative estimate of drug-likeness (QED) is 0.728. The summed E-state index contributed by atoms with van der Waals surface area (Å²) in [5, 5.41) is 0. The molecular weight excluding hydrogens is 263 g/mol. The molecule has 0 amide bonds. The Hall–Kier alpha value is 0.110. The van der Waals surface area contributed by atoms with Gasteiger partial charge in [0, 0.05) is 8.95 Å². The van der Waals surface area contributed by atoms with E-state index in [0.717, 1.165) is 8.95 Å². The molecule has 0 nitrogen and oxygen atoms in total. The Bertz CT molecular complexity index is 235. The molecule has 54 valence electrons. The fourth-order valence-corrected chi connectivity index (χ4v) is 1.41. The minimum atomic E-state index is -0.431. The first kappa shape index (κ1) is 8.21. The first-order valence-corrected chi connectivity index (χ1v) is 4.32. The van der Waals surface area contributed by atoms with Gasteiger partial charge in [-0.05, 0) is 23.8 Å². The molecule has 0 radical (unpaired) electrons. The zero-order valence-corrected chi connectivity index (χ0v) is 8.25. The number of alkyl halides is 1. The van der Waals surface area contributed by atoms with Gasteiger partial charge in [-0.15, -0.1) is 0 Å². The van der Waals surface area contributed by atoms with Gasteiger partial charge in [-0.1, -0.05) is 31.9 Å². The molecule has 0 bridgehead atoms. The van der Waals surface area contributed by atoms with E-state index >= 15 is 0 Å². The average Bonchev–Trinajstić information content (AvgIpc) is 1.94. The molecule has 0 saturated carbocycles. The second-order valence-electron chi connectivity index (χ2n) is 1.87. The summed E-state index contributed by atoms with van der Waals surface area (Å²) >= 11 is 6.48. The van der Waals surface area contributed by atoms with E-state index in [1.165, 1.54) is 0 Å². The summed E-state index contributed by atoms with van der Waals surface area (Å²) in [4.78, 5) is 0. The Labute approximate surface area is 75.7 Å². The van der Waals surface area contributed by atoms with E-state index in [4.69, 9.17) is 0 Å². The molecule has 1 rings (SSSR count). The minimum absolute atomic E-state index is 0.431. The van der Waals surface area contributed by atoms with Crippen LogP contribution >= 0.6 is 31.9 Å². The largest absolute Gasteiger partial charge is 0.246 e.